The lowest BCUT2D eigenvalue weighted by atomic mass is 10.2. The summed E-state index contributed by atoms with van der Waals surface area (Å²) in [5.41, 5.74) is 1.77. The molecule has 0 amide bonds. The Bertz CT molecular complexity index is 1220. The Morgan fingerprint density at radius 2 is 1.75 bits per heavy atom. The monoisotopic (exact) mass is 452 g/mol. The minimum Gasteiger partial charge on any atom is -0.493 e. The summed E-state index contributed by atoms with van der Waals surface area (Å²) in [6.07, 6.45) is 5.97. The number of ether oxygens (including phenoxy) is 3. The third kappa shape index (κ3) is 3.66. The van der Waals surface area contributed by atoms with Crippen LogP contribution in [0.1, 0.15) is 12.8 Å². The predicted octanol–water partition coefficient (Wildman–Crippen LogP) is 4.25. The summed E-state index contributed by atoms with van der Waals surface area (Å²) in [5, 5.41) is 5.31. The molecule has 32 heavy (non-hydrogen) atoms. The second-order valence-electron chi connectivity index (χ2n) is 7.37. The SMILES string of the molecule is COc1cc(-n2cnc(Nc3nc(N4CCCC4)c4sccc4n3)c2)cc(OC)c1OC. The molecule has 166 valence electrons. The highest BCUT2D eigenvalue weighted by atomic mass is 32.1. The van der Waals surface area contributed by atoms with Gasteiger partial charge in [0.05, 0.1) is 43.4 Å². The average Bonchev–Trinajstić information content (AvgIpc) is 3.59. The normalized spacial score (nSPS) is 13.5. The molecule has 3 aromatic heterocycles. The molecule has 1 saturated heterocycles. The van der Waals surface area contributed by atoms with Gasteiger partial charge in [0.15, 0.2) is 23.1 Å². The Morgan fingerprint density at radius 3 is 2.44 bits per heavy atom. The van der Waals surface area contributed by atoms with Crippen molar-refractivity contribution in [2.24, 2.45) is 0 Å². The van der Waals surface area contributed by atoms with Crippen LogP contribution in [0.25, 0.3) is 15.9 Å². The standard InChI is InChI=1S/C22H24N6O3S/c1-29-16-10-14(11-17(30-2)19(16)31-3)28-12-18(23-13-28)25-22-24-15-6-9-32-20(15)21(26-22)27-7-4-5-8-27/h6,9-13H,4-5,7-8H2,1-3H3,(H,24,25,26). The van der Waals surface area contributed by atoms with Gasteiger partial charge >= 0.3 is 0 Å². The summed E-state index contributed by atoms with van der Waals surface area (Å²) in [7, 11) is 4.77. The highest BCUT2D eigenvalue weighted by Crippen LogP contribution is 2.39. The lowest BCUT2D eigenvalue weighted by molar-refractivity contribution is 0.324. The fourth-order valence-electron chi connectivity index (χ4n) is 3.91. The third-order valence-corrected chi connectivity index (χ3v) is 6.36. The van der Waals surface area contributed by atoms with Crippen molar-refractivity contribution in [2.45, 2.75) is 12.8 Å². The molecule has 0 bridgehead atoms. The number of hydrogen-bond donors (Lipinski definition) is 1. The van der Waals surface area contributed by atoms with Gasteiger partial charge in [0.1, 0.15) is 6.33 Å². The summed E-state index contributed by atoms with van der Waals surface area (Å²) < 4.78 is 19.3. The highest BCUT2D eigenvalue weighted by Gasteiger charge is 2.20. The molecule has 1 N–H and O–H groups in total. The number of thiophene rings is 1. The van der Waals surface area contributed by atoms with Crippen molar-refractivity contribution < 1.29 is 14.2 Å². The highest BCUT2D eigenvalue weighted by molar-refractivity contribution is 7.17. The van der Waals surface area contributed by atoms with E-state index in [9.17, 15) is 0 Å². The van der Waals surface area contributed by atoms with E-state index in [-0.39, 0.29) is 0 Å². The van der Waals surface area contributed by atoms with Crippen LogP contribution >= 0.6 is 11.3 Å². The molecule has 0 radical (unpaired) electrons. The van der Waals surface area contributed by atoms with Gasteiger partial charge in [-0.25, -0.2) is 9.97 Å². The molecule has 10 heteroatoms. The van der Waals surface area contributed by atoms with Crippen molar-refractivity contribution in [1.82, 2.24) is 19.5 Å². The molecule has 0 aliphatic carbocycles. The zero-order valence-corrected chi connectivity index (χ0v) is 19.0. The van der Waals surface area contributed by atoms with Crippen LogP contribution in [0.2, 0.25) is 0 Å². The van der Waals surface area contributed by atoms with Crippen molar-refractivity contribution in [2.75, 3.05) is 44.6 Å². The lowest BCUT2D eigenvalue weighted by Crippen LogP contribution is -2.19. The lowest BCUT2D eigenvalue weighted by Gasteiger charge is -2.17. The summed E-state index contributed by atoms with van der Waals surface area (Å²) in [6.45, 7) is 2.05. The van der Waals surface area contributed by atoms with Gasteiger partial charge < -0.3 is 29.0 Å². The first-order valence-corrected chi connectivity index (χ1v) is 11.2. The first-order valence-electron chi connectivity index (χ1n) is 10.3. The molecule has 1 fully saturated rings. The van der Waals surface area contributed by atoms with Gasteiger partial charge in [-0.1, -0.05) is 0 Å². The number of hydrogen-bond acceptors (Lipinski definition) is 9. The molecule has 9 nitrogen and oxygen atoms in total. The maximum Gasteiger partial charge on any atom is 0.231 e. The van der Waals surface area contributed by atoms with Gasteiger partial charge in [0, 0.05) is 25.2 Å². The zero-order valence-electron chi connectivity index (χ0n) is 18.2. The quantitative estimate of drug-likeness (QED) is 0.445. The van der Waals surface area contributed by atoms with Crippen molar-refractivity contribution >= 4 is 39.1 Å². The van der Waals surface area contributed by atoms with Crippen LogP contribution in [0.3, 0.4) is 0 Å². The van der Waals surface area contributed by atoms with Crippen LogP contribution in [-0.2, 0) is 0 Å². The topological polar surface area (TPSA) is 86.6 Å². The summed E-state index contributed by atoms with van der Waals surface area (Å²) in [4.78, 5) is 16.3. The fourth-order valence-corrected chi connectivity index (χ4v) is 4.75. The molecule has 0 atom stereocenters. The van der Waals surface area contributed by atoms with Gasteiger partial charge in [0.2, 0.25) is 11.7 Å². The Hall–Kier alpha value is -3.53. The second kappa shape index (κ2) is 8.54. The minimum atomic E-state index is 0.535. The van der Waals surface area contributed by atoms with E-state index >= 15 is 0 Å². The maximum atomic E-state index is 5.46. The number of methoxy groups -OCH3 is 3. The van der Waals surface area contributed by atoms with Crippen LogP contribution in [0, 0.1) is 0 Å². The first-order chi connectivity index (χ1) is 15.7. The number of benzene rings is 1. The van der Waals surface area contributed by atoms with Gasteiger partial charge in [-0.05, 0) is 24.3 Å². The first kappa shape index (κ1) is 20.4. The van der Waals surface area contributed by atoms with Crippen molar-refractivity contribution in [3.05, 3.63) is 36.1 Å². The third-order valence-electron chi connectivity index (χ3n) is 5.46. The number of fused-ring (bicyclic) bond motifs is 1. The second-order valence-corrected chi connectivity index (χ2v) is 8.29. The van der Waals surface area contributed by atoms with Crippen LogP contribution in [-0.4, -0.2) is 53.9 Å². The fraction of sp³-hybridized carbons (Fsp3) is 0.318. The van der Waals surface area contributed by atoms with E-state index < -0.39 is 0 Å². The Kier molecular flexibility index (Phi) is 5.44. The van der Waals surface area contributed by atoms with Gasteiger partial charge in [0.25, 0.3) is 0 Å². The van der Waals surface area contributed by atoms with E-state index in [0.717, 1.165) is 34.8 Å². The Morgan fingerprint density at radius 1 is 1.00 bits per heavy atom. The zero-order chi connectivity index (χ0) is 22.1. The van der Waals surface area contributed by atoms with E-state index in [0.29, 0.717) is 29.0 Å². The van der Waals surface area contributed by atoms with E-state index in [1.807, 2.05) is 29.0 Å². The molecule has 4 aromatic rings. The van der Waals surface area contributed by atoms with Crippen molar-refractivity contribution in [1.29, 1.82) is 0 Å². The predicted molar refractivity (Wildman–Crippen MR) is 125 cm³/mol. The summed E-state index contributed by atoms with van der Waals surface area (Å²) in [5.74, 6) is 3.87. The van der Waals surface area contributed by atoms with Gasteiger partial charge in [-0.3, -0.25) is 0 Å². The van der Waals surface area contributed by atoms with Gasteiger partial charge in [-0.2, -0.15) is 4.98 Å². The molecule has 0 unspecified atom stereocenters. The number of nitrogens with one attached hydrogen (secondary N) is 1. The van der Waals surface area contributed by atoms with Crippen molar-refractivity contribution in [3.8, 4) is 22.9 Å². The molecule has 4 heterocycles. The van der Waals surface area contributed by atoms with Crippen LogP contribution in [0.15, 0.2) is 36.1 Å². The van der Waals surface area contributed by atoms with Crippen molar-refractivity contribution in [3.63, 3.8) is 0 Å². The Labute approximate surface area is 189 Å². The number of aromatic nitrogens is 4. The molecule has 1 aliphatic rings. The summed E-state index contributed by atoms with van der Waals surface area (Å²) >= 11 is 1.68. The largest absolute Gasteiger partial charge is 0.493 e. The van der Waals surface area contributed by atoms with Crippen LogP contribution in [0.4, 0.5) is 17.6 Å². The van der Waals surface area contributed by atoms with E-state index in [1.54, 1.807) is 39.0 Å². The number of imidazole rings is 1. The van der Waals surface area contributed by atoms with E-state index in [4.69, 9.17) is 19.2 Å². The molecule has 0 spiro atoms. The maximum absolute atomic E-state index is 5.46. The van der Waals surface area contributed by atoms with Gasteiger partial charge in [-0.15, -0.1) is 11.3 Å². The minimum absolute atomic E-state index is 0.535. The van der Waals surface area contributed by atoms with Crippen LogP contribution < -0.4 is 24.4 Å². The number of anilines is 3. The van der Waals surface area contributed by atoms with Crippen LogP contribution in [0.5, 0.6) is 17.2 Å². The molecular weight excluding hydrogens is 428 g/mol. The average molecular weight is 453 g/mol. The molecule has 0 saturated carbocycles. The van der Waals surface area contributed by atoms with E-state index in [2.05, 4.69) is 25.6 Å². The smallest absolute Gasteiger partial charge is 0.231 e. The van der Waals surface area contributed by atoms with E-state index in [1.165, 1.54) is 12.8 Å². The molecule has 5 rings (SSSR count). The number of rotatable bonds is 7. The number of nitrogens with zero attached hydrogens (tertiary/aromatic N) is 5. The summed E-state index contributed by atoms with van der Waals surface area (Å²) in [6, 6.07) is 5.76. The molecular formula is C22H24N6O3S. The Balaban J connectivity index is 1.46. The molecule has 1 aromatic carbocycles. The molecule has 1 aliphatic heterocycles.